The quantitative estimate of drug-likeness (QED) is 0.349. The molecule has 2 rings (SSSR count). The van der Waals surface area contributed by atoms with Crippen LogP contribution in [0.15, 0.2) is 21.5 Å². The average Bonchev–Trinajstić information content (AvgIpc) is 2.79. The predicted molar refractivity (Wildman–Crippen MR) is 80.2 cm³/mol. The molecule has 0 radical (unpaired) electrons. The molecule has 2 aromatic heterocycles. The van der Waals surface area contributed by atoms with Crippen molar-refractivity contribution in [3.8, 4) is 0 Å². The minimum Gasteiger partial charge on any atom is -0.456 e. The number of aromatic nitrogens is 2. The Morgan fingerprint density at radius 3 is 2.90 bits per heavy atom. The fourth-order valence-electron chi connectivity index (χ4n) is 1.77. The third-order valence-corrected chi connectivity index (χ3v) is 3.65. The maximum absolute atomic E-state index is 12.1. The van der Waals surface area contributed by atoms with Crippen LogP contribution in [0.3, 0.4) is 0 Å². The summed E-state index contributed by atoms with van der Waals surface area (Å²) in [5.74, 6) is 5.83. The zero-order valence-corrected chi connectivity index (χ0v) is 13.1. The van der Waals surface area contributed by atoms with Crippen LogP contribution in [0.2, 0.25) is 0 Å². The maximum Gasteiger partial charge on any atom is 0.300 e. The van der Waals surface area contributed by atoms with Gasteiger partial charge in [-0.2, -0.15) is 0 Å². The van der Waals surface area contributed by atoms with Crippen LogP contribution in [0.4, 0.5) is 0 Å². The summed E-state index contributed by atoms with van der Waals surface area (Å²) in [6, 6.07) is 1.57. The largest absolute Gasteiger partial charge is 0.456 e. The molecule has 3 N–H and O–H groups in total. The molecule has 0 spiro atoms. The van der Waals surface area contributed by atoms with E-state index in [-0.39, 0.29) is 11.3 Å². The second kappa shape index (κ2) is 5.75. The highest BCUT2D eigenvalue weighted by Crippen LogP contribution is 2.16. The van der Waals surface area contributed by atoms with Crippen molar-refractivity contribution in [3.63, 3.8) is 0 Å². The lowest BCUT2D eigenvalue weighted by atomic mass is 10.2. The number of aryl methyl sites for hydroxylation is 2. The number of nitrogen functional groups attached to an aromatic ring is 1. The van der Waals surface area contributed by atoms with Gasteiger partial charge in [-0.15, -0.1) is 0 Å². The molecule has 0 fully saturated rings. The molecule has 7 nitrogen and oxygen atoms in total. The highest BCUT2D eigenvalue weighted by atomic mass is 127. The van der Waals surface area contributed by atoms with Gasteiger partial charge < -0.3 is 4.42 Å². The van der Waals surface area contributed by atoms with Gasteiger partial charge in [0.2, 0.25) is 0 Å². The predicted octanol–water partition coefficient (Wildman–Crippen LogP) is 0.710. The van der Waals surface area contributed by atoms with Gasteiger partial charge in [-0.05, 0) is 42.5 Å². The molecule has 1 amide bonds. The molecule has 0 unspecified atom stereocenters. The fraction of sp³-hybridized carbons (Fsp3) is 0.250. The van der Waals surface area contributed by atoms with E-state index in [9.17, 15) is 9.59 Å². The first-order valence-corrected chi connectivity index (χ1v) is 6.84. The molecule has 0 aliphatic carbocycles. The molecule has 2 aromatic rings. The van der Waals surface area contributed by atoms with Crippen LogP contribution in [-0.4, -0.2) is 15.5 Å². The van der Waals surface area contributed by atoms with Crippen molar-refractivity contribution in [2.75, 3.05) is 0 Å². The molecule has 0 aliphatic rings. The number of hydrazine groups is 1. The first kappa shape index (κ1) is 14.7. The van der Waals surface area contributed by atoms with Crippen LogP contribution < -0.4 is 16.8 Å². The van der Waals surface area contributed by atoms with E-state index in [1.807, 2.05) is 28.0 Å². The Labute approximate surface area is 128 Å². The molecule has 106 valence electrons. The minimum absolute atomic E-state index is 0.115. The van der Waals surface area contributed by atoms with E-state index in [0.29, 0.717) is 21.7 Å². The Kier molecular flexibility index (Phi) is 4.23. The Balaban J connectivity index is 2.41. The summed E-state index contributed by atoms with van der Waals surface area (Å²) in [4.78, 5) is 27.6. The summed E-state index contributed by atoms with van der Waals surface area (Å²) in [5.41, 5.74) is 2.61. The van der Waals surface area contributed by atoms with Gasteiger partial charge in [-0.1, -0.05) is 0 Å². The minimum atomic E-state index is -0.510. The summed E-state index contributed by atoms with van der Waals surface area (Å²) in [5, 5.41) is 0. The standard InChI is InChI=1S/C12H13IN4O3/c1-6-8(3-10(20-6)11(18)16-14)5-17-7(2)15-4-9(13)12(17)19/h3-4H,5,14H2,1-2H3,(H,16,18). The highest BCUT2D eigenvalue weighted by Gasteiger charge is 2.15. The lowest BCUT2D eigenvalue weighted by molar-refractivity contribution is 0.0924. The van der Waals surface area contributed by atoms with Gasteiger partial charge in [0.05, 0.1) is 10.1 Å². The van der Waals surface area contributed by atoms with Crippen LogP contribution in [0.1, 0.15) is 27.7 Å². The van der Waals surface area contributed by atoms with E-state index < -0.39 is 5.91 Å². The summed E-state index contributed by atoms with van der Waals surface area (Å²) in [6.45, 7) is 3.77. The van der Waals surface area contributed by atoms with E-state index in [1.54, 1.807) is 19.9 Å². The van der Waals surface area contributed by atoms with E-state index in [1.165, 1.54) is 10.8 Å². The molecular formula is C12H13IN4O3. The van der Waals surface area contributed by atoms with E-state index in [2.05, 4.69) is 4.98 Å². The van der Waals surface area contributed by atoms with Crippen molar-refractivity contribution in [1.29, 1.82) is 0 Å². The summed E-state index contributed by atoms with van der Waals surface area (Å²) < 4.78 is 7.39. The smallest absolute Gasteiger partial charge is 0.300 e. The zero-order chi connectivity index (χ0) is 14.9. The zero-order valence-electron chi connectivity index (χ0n) is 10.9. The number of nitrogens with zero attached hydrogens (tertiary/aromatic N) is 2. The third kappa shape index (κ3) is 2.75. The number of hydrogen-bond acceptors (Lipinski definition) is 5. The summed E-state index contributed by atoms with van der Waals surface area (Å²) in [7, 11) is 0. The lowest BCUT2D eigenvalue weighted by Gasteiger charge is -2.08. The second-order valence-corrected chi connectivity index (χ2v) is 5.37. The van der Waals surface area contributed by atoms with Gasteiger partial charge >= 0.3 is 5.91 Å². The highest BCUT2D eigenvalue weighted by molar-refractivity contribution is 14.1. The van der Waals surface area contributed by atoms with Gasteiger partial charge in [-0.3, -0.25) is 19.6 Å². The number of rotatable bonds is 3. The second-order valence-electron chi connectivity index (χ2n) is 4.21. The Bertz CT molecular complexity index is 720. The fourth-order valence-corrected chi connectivity index (χ4v) is 2.20. The van der Waals surface area contributed by atoms with Crippen LogP contribution >= 0.6 is 22.6 Å². The third-order valence-electron chi connectivity index (χ3n) is 2.91. The van der Waals surface area contributed by atoms with Gasteiger partial charge in [0, 0.05) is 11.8 Å². The van der Waals surface area contributed by atoms with Crippen molar-refractivity contribution in [2.24, 2.45) is 5.84 Å². The average molecular weight is 388 g/mol. The Morgan fingerprint density at radius 1 is 1.55 bits per heavy atom. The molecule has 2 heterocycles. The van der Waals surface area contributed by atoms with Crippen molar-refractivity contribution in [3.05, 3.63) is 49.1 Å². The number of carbonyl (C=O) groups is 1. The molecule has 0 aromatic carbocycles. The molecule has 0 aliphatic heterocycles. The van der Waals surface area contributed by atoms with Crippen molar-refractivity contribution < 1.29 is 9.21 Å². The summed E-state index contributed by atoms with van der Waals surface area (Å²) >= 11 is 1.94. The number of halogens is 1. The lowest BCUT2D eigenvalue weighted by Crippen LogP contribution is -2.29. The maximum atomic E-state index is 12.1. The first-order chi connectivity index (χ1) is 9.43. The molecule has 0 bridgehead atoms. The van der Waals surface area contributed by atoms with Crippen molar-refractivity contribution in [2.45, 2.75) is 20.4 Å². The van der Waals surface area contributed by atoms with Gasteiger partial charge in [0.1, 0.15) is 11.6 Å². The number of furan rings is 1. The van der Waals surface area contributed by atoms with E-state index >= 15 is 0 Å². The van der Waals surface area contributed by atoms with Crippen LogP contribution in [0.5, 0.6) is 0 Å². The molecule has 8 heteroatoms. The van der Waals surface area contributed by atoms with Gasteiger partial charge in [0.25, 0.3) is 5.56 Å². The Hall–Kier alpha value is -1.68. The van der Waals surface area contributed by atoms with Crippen LogP contribution in [-0.2, 0) is 6.54 Å². The van der Waals surface area contributed by atoms with Crippen LogP contribution in [0.25, 0.3) is 0 Å². The first-order valence-electron chi connectivity index (χ1n) is 5.76. The SMILES string of the molecule is Cc1oc(C(=O)NN)cc1Cn1c(C)ncc(I)c1=O. The number of hydrogen-bond donors (Lipinski definition) is 2. The van der Waals surface area contributed by atoms with Crippen LogP contribution in [0, 0.1) is 17.4 Å². The number of carbonyl (C=O) groups excluding carboxylic acids is 1. The van der Waals surface area contributed by atoms with E-state index in [0.717, 1.165) is 5.56 Å². The topological polar surface area (TPSA) is 103 Å². The number of amides is 1. The van der Waals surface area contributed by atoms with E-state index in [4.69, 9.17) is 10.3 Å². The molecule has 0 atom stereocenters. The summed E-state index contributed by atoms with van der Waals surface area (Å²) in [6.07, 6.45) is 1.53. The van der Waals surface area contributed by atoms with Crippen molar-refractivity contribution in [1.82, 2.24) is 15.0 Å². The normalized spacial score (nSPS) is 10.6. The van der Waals surface area contributed by atoms with Gasteiger partial charge in [-0.25, -0.2) is 10.8 Å². The van der Waals surface area contributed by atoms with Crippen molar-refractivity contribution >= 4 is 28.5 Å². The molecule has 20 heavy (non-hydrogen) atoms. The molecule has 0 saturated heterocycles. The molecular weight excluding hydrogens is 375 g/mol. The number of nitrogens with two attached hydrogens (primary N) is 1. The monoisotopic (exact) mass is 388 g/mol. The van der Waals surface area contributed by atoms with Gasteiger partial charge in [0.15, 0.2) is 5.76 Å². The number of nitrogens with one attached hydrogen (secondary N) is 1. The molecule has 0 saturated carbocycles. The Morgan fingerprint density at radius 2 is 2.25 bits per heavy atom.